The van der Waals surface area contributed by atoms with Crippen molar-refractivity contribution in [2.75, 3.05) is 13.7 Å². The first kappa shape index (κ1) is 17.0. The average Bonchev–Trinajstić information content (AvgIpc) is 2.72. The molecule has 0 spiro atoms. The van der Waals surface area contributed by atoms with Crippen molar-refractivity contribution in [3.63, 3.8) is 0 Å². The van der Waals surface area contributed by atoms with Crippen LogP contribution in [-0.4, -0.2) is 56.5 Å². The van der Waals surface area contributed by atoms with E-state index in [1.54, 1.807) is 0 Å². The molecule has 0 radical (unpaired) electrons. The molecule has 0 amide bonds. The first-order valence-corrected chi connectivity index (χ1v) is 7.64. The lowest BCUT2D eigenvalue weighted by Gasteiger charge is -2.19. The molecule has 11 nitrogen and oxygen atoms in total. The number of phosphoric ester groups is 1. The molecule has 0 saturated carbocycles. The van der Waals surface area contributed by atoms with Crippen LogP contribution >= 0.6 is 7.82 Å². The maximum atomic E-state index is 11.8. The lowest BCUT2D eigenvalue weighted by atomic mass is 10.1. The smallest absolute Gasteiger partial charge is 0.387 e. The minimum atomic E-state index is -4.73. The summed E-state index contributed by atoms with van der Waals surface area (Å²) in [6.07, 6.45) is -3.33. The first-order chi connectivity index (χ1) is 10.2. The number of rotatable bonds is 5. The fourth-order valence-corrected chi connectivity index (χ4v) is 2.47. The topological polar surface area (TPSA) is 160 Å². The lowest BCUT2D eigenvalue weighted by molar-refractivity contribution is -0.0620. The van der Waals surface area contributed by atoms with Crippen LogP contribution in [-0.2, 0) is 18.6 Å². The molecule has 1 aliphatic rings. The number of aromatic nitrogens is 2. The Bertz CT molecular complexity index is 679. The van der Waals surface area contributed by atoms with Gasteiger partial charge < -0.3 is 24.4 Å². The zero-order chi connectivity index (χ0) is 16.5. The number of nitrogens with zero attached hydrogens (tertiary/aromatic N) is 1. The van der Waals surface area contributed by atoms with Gasteiger partial charge in [0.25, 0.3) is 5.56 Å². The summed E-state index contributed by atoms with van der Waals surface area (Å²) in [5.74, 6) is 0. The van der Waals surface area contributed by atoms with Gasteiger partial charge in [-0.25, -0.2) is 9.36 Å². The quantitative estimate of drug-likeness (QED) is 0.442. The third kappa shape index (κ3) is 3.70. The molecule has 4 N–H and O–H groups in total. The van der Waals surface area contributed by atoms with Crippen molar-refractivity contribution in [3.8, 4) is 0 Å². The van der Waals surface area contributed by atoms with E-state index in [0.717, 1.165) is 16.8 Å². The van der Waals surface area contributed by atoms with Gasteiger partial charge in [0.15, 0.2) is 6.23 Å². The van der Waals surface area contributed by atoms with Crippen LogP contribution < -0.4 is 11.2 Å². The molecule has 22 heavy (non-hydrogen) atoms. The molecule has 0 aromatic carbocycles. The molecule has 4 atom stereocenters. The van der Waals surface area contributed by atoms with Gasteiger partial charge in [-0.2, -0.15) is 0 Å². The molecule has 0 aliphatic carbocycles. The largest absolute Gasteiger partial charge is 0.469 e. The molecule has 124 valence electrons. The molecule has 12 heteroatoms. The summed E-state index contributed by atoms with van der Waals surface area (Å²) in [7, 11) is -3.46. The molecule has 1 aromatic rings. The maximum absolute atomic E-state index is 11.8. The van der Waals surface area contributed by atoms with E-state index in [4.69, 9.17) is 19.3 Å². The molecule has 0 unspecified atom stereocenters. The van der Waals surface area contributed by atoms with Crippen LogP contribution in [0.2, 0.25) is 0 Å². The summed E-state index contributed by atoms with van der Waals surface area (Å²) < 4.78 is 26.4. The molecule has 1 fully saturated rings. The summed E-state index contributed by atoms with van der Waals surface area (Å²) in [5.41, 5.74) is -1.38. The van der Waals surface area contributed by atoms with Crippen molar-refractivity contribution >= 4 is 7.82 Å². The fourth-order valence-electron chi connectivity index (χ4n) is 2.13. The van der Waals surface area contributed by atoms with Crippen molar-refractivity contribution < 1.29 is 33.5 Å². The summed E-state index contributed by atoms with van der Waals surface area (Å²) in [6.45, 7) is -0.597. The van der Waals surface area contributed by atoms with Crippen molar-refractivity contribution in [2.45, 2.75) is 24.5 Å². The van der Waals surface area contributed by atoms with Crippen LogP contribution in [0, 0.1) is 0 Å². The molecule has 1 aromatic heterocycles. The number of phosphoric acid groups is 1. The molecule has 2 rings (SSSR count). The second-order valence-corrected chi connectivity index (χ2v) is 5.80. The highest BCUT2D eigenvalue weighted by Gasteiger charge is 2.46. The van der Waals surface area contributed by atoms with Gasteiger partial charge >= 0.3 is 13.5 Å². The number of methoxy groups -OCH3 is 1. The normalized spacial score (nSPS) is 28.9. The molecular weight excluding hydrogens is 323 g/mol. The second kappa shape index (κ2) is 6.42. The molecule has 2 heterocycles. The third-order valence-electron chi connectivity index (χ3n) is 3.12. The average molecular weight is 338 g/mol. The number of ether oxygens (including phenoxy) is 2. The van der Waals surface area contributed by atoms with Crippen LogP contribution in [0.15, 0.2) is 21.9 Å². The predicted molar refractivity (Wildman–Crippen MR) is 70.0 cm³/mol. The van der Waals surface area contributed by atoms with Crippen molar-refractivity contribution in [3.05, 3.63) is 33.1 Å². The minimum absolute atomic E-state index is 0.597. The third-order valence-corrected chi connectivity index (χ3v) is 3.60. The fraction of sp³-hybridized carbons (Fsp3) is 0.600. The van der Waals surface area contributed by atoms with E-state index in [0.29, 0.717) is 0 Å². The van der Waals surface area contributed by atoms with Gasteiger partial charge in [-0.3, -0.25) is 18.9 Å². The standard InChI is InChI=1S/C10H15N2O9P/c1-19-8-7(14)5(4-20-22(16,17)18)21-9(8)12-3-2-6(13)11-10(12)15/h2-3,5,7-9,14H,4H2,1H3,(H,11,13,15)(H2,16,17,18)/t5-,7-,8-,9-/m1/s1. The number of aliphatic hydroxyl groups excluding tert-OH is 1. The molecule has 1 saturated heterocycles. The Morgan fingerprint density at radius 1 is 1.45 bits per heavy atom. The highest BCUT2D eigenvalue weighted by molar-refractivity contribution is 7.46. The number of nitrogens with one attached hydrogen (secondary N) is 1. The van der Waals surface area contributed by atoms with Crippen LogP contribution in [0.5, 0.6) is 0 Å². The Hall–Kier alpha value is -1.33. The highest BCUT2D eigenvalue weighted by Crippen LogP contribution is 2.38. The van der Waals surface area contributed by atoms with E-state index in [2.05, 4.69) is 4.52 Å². The molecular formula is C10H15N2O9P. The van der Waals surface area contributed by atoms with E-state index in [1.165, 1.54) is 7.11 Å². The van der Waals surface area contributed by atoms with Crippen LogP contribution in [0.1, 0.15) is 6.23 Å². The summed E-state index contributed by atoms with van der Waals surface area (Å²) in [6, 6.07) is 1.09. The monoisotopic (exact) mass is 338 g/mol. The number of aromatic amines is 1. The Balaban J connectivity index is 2.23. The Morgan fingerprint density at radius 3 is 2.68 bits per heavy atom. The van der Waals surface area contributed by atoms with Gasteiger partial charge in [0.05, 0.1) is 6.61 Å². The van der Waals surface area contributed by atoms with Gasteiger partial charge in [-0.15, -0.1) is 0 Å². The zero-order valence-corrected chi connectivity index (χ0v) is 12.3. The SMILES string of the molecule is CO[C@@H]1[C@H](O)[C@@H](COP(=O)(O)O)O[C@H]1n1ccc(=O)[nH]c1=O. The van der Waals surface area contributed by atoms with Gasteiger partial charge in [0.1, 0.15) is 18.3 Å². The Kier molecular flexibility index (Phi) is 4.97. The molecule has 0 bridgehead atoms. The Labute approximate surface area is 123 Å². The highest BCUT2D eigenvalue weighted by atomic mass is 31.2. The second-order valence-electron chi connectivity index (χ2n) is 4.56. The number of H-pyrrole nitrogens is 1. The van der Waals surface area contributed by atoms with Gasteiger partial charge in [-0.1, -0.05) is 0 Å². The van der Waals surface area contributed by atoms with Gasteiger partial charge in [-0.05, 0) is 0 Å². The van der Waals surface area contributed by atoms with Crippen LogP contribution in [0.4, 0.5) is 0 Å². The van der Waals surface area contributed by atoms with E-state index >= 15 is 0 Å². The maximum Gasteiger partial charge on any atom is 0.469 e. The minimum Gasteiger partial charge on any atom is -0.387 e. The number of hydrogen-bond donors (Lipinski definition) is 4. The lowest BCUT2D eigenvalue weighted by Crippen LogP contribution is -2.38. The van der Waals surface area contributed by atoms with Gasteiger partial charge in [0.2, 0.25) is 0 Å². The zero-order valence-electron chi connectivity index (χ0n) is 11.4. The number of hydrogen-bond acceptors (Lipinski definition) is 7. The number of aliphatic hydroxyl groups is 1. The van der Waals surface area contributed by atoms with E-state index < -0.39 is 50.2 Å². The predicted octanol–water partition coefficient (Wildman–Crippen LogP) is -2.08. The van der Waals surface area contributed by atoms with Gasteiger partial charge in [0, 0.05) is 19.4 Å². The summed E-state index contributed by atoms with van der Waals surface area (Å²) in [5, 5.41) is 10.1. The van der Waals surface area contributed by atoms with Crippen molar-refractivity contribution in [2.24, 2.45) is 0 Å². The van der Waals surface area contributed by atoms with Crippen LogP contribution in [0.3, 0.4) is 0 Å². The molecule has 1 aliphatic heterocycles. The van der Waals surface area contributed by atoms with Crippen molar-refractivity contribution in [1.29, 1.82) is 0 Å². The summed E-state index contributed by atoms with van der Waals surface area (Å²) in [4.78, 5) is 42.2. The summed E-state index contributed by atoms with van der Waals surface area (Å²) >= 11 is 0. The van der Waals surface area contributed by atoms with Crippen LogP contribution in [0.25, 0.3) is 0 Å². The first-order valence-electron chi connectivity index (χ1n) is 6.11. The van der Waals surface area contributed by atoms with E-state index in [1.807, 2.05) is 4.98 Å². The Morgan fingerprint density at radius 2 is 2.14 bits per heavy atom. The van der Waals surface area contributed by atoms with E-state index in [-0.39, 0.29) is 0 Å². The van der Waals surface area contributed by atoms with E-state index in [9.17, 15) is 19.3 Å². The van der Waals surface area contributed by atoms with Crippen molar-refractivity contribution in [1.82, 2.24) is 9.55 Å².